The van der Waals surface area contributed by atoms with Gasteiger partial charge in [0.1, 0.15) is 4.90 Å². The van der Waals surface area contributed by atoms with E-state index in [9.17, 15) is 26.4 Å². The number of sulfonamides is 1. The van der Waals surface area contributed by atoms with Gasteiger partial charge in [-0.15, -0.1) is 0 Å². The molecule has 0 bridgehead atoms. The van der Waals surface area contributed by atoms with E-state index in [4.69, 9.17) is 10.2 Å². The van der Waals surface area contributed by atoms with Crippen molar-refractivity contribution in [2.45, 2.75) is 68.8 Å². The van der Waals surface area contributed by atoms with Gasteiger partial charge in [-0.3, -0.25) is 4.79 Å². The van der Waals surface area contributed by atoms with E-state index in [0.29, 0.717) is 25.0 Å². The van der Waals surface area contributed by atoms with Crippen LogP contribution in [0.3, 0.4) is 0 Å². The van der Waals surface area contributed by atoms with Gasteiger partial charge in [0.15, 0.2) is 25.8 Å². The molecule has 0 spiro atoms. The Bertz CT molecular complexity index is 1220. The zero-order valence-corrected chi connectivity index (χ0v) is 22.0. The molecule has 35 heavy (non-hydrogen) atoms. The highest BCUT2D eigenvalue weighted by Crippen LogP contribution is 2.40. The molecule has 1 amide bonds. The fourth-order valence-electron chi connectivity index (χ4n) is 3.37. The number of carbonyl (C=O) groups is 1. The van der Waals surface area contributed by atoms with Crippen molar-refractivity contribution in [2.24, 2.45) is 0 Å². The SMILES string of the molecule is CC(C)(C)[Si](C)(C)OC1CC(NS(=O)(=O)c2cc(C(=O)Nc3cc(F)c(F)c(F)c3)ccc2N)C1. The van der Waals surface area contributed by atoms with Gasteiger partial charge in [0.25, 0.3) is 5.91 Å². The Hall–Kier alpha value is -2.41. The maximum atomic E-state index is 13.4. The predicted octanol–water partition coefficient (Wildman–Crippen LogP) is 4.77. The van der Waals surface area contributed by atoms with E-state index in [1.807, 2.05) is 0 Å². The lowest BCUT2D eigenvalue weighted by atomic mass is 9.91. The highest BCUT2D eigenvalue weighted by molar-refractivity contribution is 7.89. The van der Waals surface area contributed by atoms with Crippen LogP contribution >= 0.6 is 0 Å². The number of hydrogen-bond acceptors (Lipinski definition) is 5. The molecule has 3 rings (SSSR count). The smallest absolute Gasteiger partial charge is 0.255 e. The summed E-state index contributed by atoms with van der Waals surface area (Å²) in [4.78, 5) is 12.2. The lowest BCUT2D eigenvalue weighted by Gasteiger charge is -2.44. The second-order valence-corrected chi connectivity index (χ2v) is 16.7. The Morgan fingerprint density at radius 1 is 1.09 bits per heavy atom. The first-order valence-electron chi connectivity index (χ1n) is 11.1. The average Bonchev–Trinajstić information content (AvgIpc) is 2.69. The number of anilines is 2. The van der Waals surface area contributed by atoms with E-state index >= 15 is 0 Å². The summed E-state index contributed by atoms with van der Waals surface area (Å²) in [5, 5.41) is 2.25. The maximum absolute atomic E-state index is 13.4. The van der Waals surface area contributed by atoms with Gasteiger partial charge in [0, 0.05) is 35.5 Å². The molecule has 1 fully saturated rings. The maximum Gasteiger partial charge on any atom is 0.255 e. The van der Waals surface area contributed by atoms with Gasteiger partial charge in [-0.25, -0.2) is 26.3 Å². The third-order valence-electron chi connectivity index (χ3n) is 6.49. The van der Waals surface area contributed by atoms with Crippen molar-refractivity contribution in [3.63, 3.8) is 0 Å². The van der Waals surface area contributed by atoms with Crippen LogP contribution in [0.15, 0.2) is 35.2 Å². The Balaban J connectivity index is 1.69. The van der Waals surface area contributed by atoms with Gasteiger partial charge in [0.05, 0.1) is 5.69 Å². The summed E-state index contributed by atoms with van der Waals surface area (Å²) < 4.78 is 74.8. The minimum atomic E-state index is -4.06. The van der Waals surface area contributed by atoms with Crippen LogP contribution in [-0.2, 0) is 14.4 Å². The van der Waals surface area contributed by atoms with E-state index in [1.54, 1.807) is 0 Å². The quantitative estimate of drug-likeness (QED) is 0.272. The highest BCUT2D eigenvalue weighted by atomic mass is 32.2. The molecule has 2 aromatic rings. The number of nitrogen functional groups attached to an aromatic ring is 1. The molecule has 12 heteroatoms. The molecule has 4 N–H and O–H groups in total. The second-order valence-electron chi connectivity index (χ2n) is 10.3. The monoisotopic (exact) mass is 529 g/mol. The molecule has 2 aromatic carbocycles. The zero-order valence-electron chi connectivity index (χ0n) is 20.2. The number of nitrogens with two attached hydrogens (primary N) is 1. The van der Waals surface area contributed by atoms with Crippen molar-refractivity contribution in [1.29, 1.82) is 0 Å². The van der Waals surface area contributed by atoms with E-state index in [2.05, 4.69) is 43.9 Å². The third-order valence-corrected chi connectivity index (χ3v) is 12.6. The zero-order chi connectivity index (χ0) is 26.3. The molecule has 0 atom stereocenters. The first-order valence-corrected chi connectivity index (χ1v) is 15.4. The summed E-state index contributed by atoms with van der Waals surface area (Å²) in [7, 11) is -6.03. The fourth-order valence-corrected chi connectivity index (χ4v) is 6.17. The summed E-state index contributed by atoms with van der Waals surface area (Å²) in [6.07, 6.45) is 1.01. The highest BCUT2D eigenvalue weighted by Gasteiger charge is 2.43. The molecule has 1 aliphatic rings. The third kappa shape index (κ3) is 6.05. The second kappa shape index (κ2) is 9.56. The van der Waals surface area contributed by atoms with Gasteiger partial charge in [-0.05, 0) is 49.2 Å². The first kappa shape index (κ1) is 27.2. The Morgan fingerprint density at radius 2 is 1.66 bits per heavy atom. The number of rotatable bonds is 7. The molecule has 0 saturated heterocycles. The van der Waals surface area contributed by atoms with Crippen LogP contribution in [0.25, 0.3) is 0 Å². The van der Waals surface area contributed by atoms with Crippen LogP contribution in [0.1, 0.15) is 44.0 Å². The molecule has 1 saturated carbocycles. The van der Waals surface area contributed by atoms with Crippen molar-refractivity contribution in [3.05, 3.63) is 53.3 Å². The van der Waals surface area contributed by atoms with Gasteiger partial charge in [-0.2, -0.15) is 0 Å². The summed E-state index contributed by atoms with van der Waals surface area (Å²) in [6, 6.07) is 4.49. The number of hydrogen-bond donors (Lipinski definition) is 3. The van der Waals surface area contributed by atoms with E-state index in [-0.39, 0.29) is 39.0 Å². The largest absolute Gasteiger partial charge is 0.414 e. The van der Waals surface area contributed by atoms with Crippen molar-refractivity contribution in [1.82, 2.24) is 4.72 Å². The molecular weight excluding hydrogens is 499 g/mol. The van der Waals surface area contributed by atoms with Crippen molar-refractivity contribution in [3.8, 4) is 0 Å². The van der Waals surface area contributed by atoms with Crippen LogP contribution in [0.5, 0.6) is 0 Å². The van der Waals surface area contributed by atoms with Crippen molar-refractivity contribution >= 4 is 35.6 Å². The number of halogens is 3. The van der Waals surface area contributed by atoms with Crippen LogP contribution < -0.4 is 15.8 Å². The van der Waals surface area contributed by atoms with Gasteiger partial charge < -0.3 is 15.5 Å². The Morgan fingerprint density at radius 3 is 2.20 bits per heavy atom. The first-order chi connectivity index (χ1) is 16.0. The topological polar surface area (TPSA) is 111 Å². The number of amides is 1. The predicted molar refractivity (Wildman–Crippen MR) is 131 cm³/mol. The summed E-state index contributed by atoms with van der Waals surface area (Å²) in [5.41, 5.74) is 5.36. The van der Waals surface area contributed by atoms with Crippen LogP contribution in [0.4, 0.5) is 24.5 Å². The molecule has 0 aliphatic heterocycles. The minimum absolute atomic E-state index is 0.0328. The molecule has 0 heterocycles. The van der Waals surface area contributed by atoms with Crippen molar-refractivity contribution < 1.29 is 30.8 Å². The molecule has 192 valence electrons. The Labute approximate surface area is 204 Å². The Kier molecular flexibility index (Phi) is 7.43. The molecular formula is C23H30F3N3O4SSi. The van der Waals surface area contributed by atoms with Crippen LogP contribution in [0.2, 0.25) is 18.1 Å². The number of nitrogens with one attached hydrogen (secondary N) is 2. The van der Waals surface area contributed by atoms with E-state index < -0.39 is 41.7 Å². The van der Waals surface area contributed by atoms with E-state index in [1.165, 1.54) is 12.1 Å². The normalized spacial score (nSPS) is 18.7. The number of carbonyl (C=O) groups excluding carboxylic acids is 1. The van der Waals surface area contributed by atoms with Crippen molar-refractivity contribution in [2.75, 3.05) is 11.1 Å². The van der Waals surface area contributed by atoms with Gasteiger partial charge >= 0.3 is 0 Å². The molecule has 7 nitrogen and oxygen atoms in total. The van der Waals surface area contributed by atoms with E-state index in [0.717, 1.165) is 6.07 Å². The standard InChI is InChI=1S/C23H30F3N3O4SSi/c1-23(2,3)35(4,5)33-16-9-15(10-16)29-34(31,32)20-8-13(6-7-19(20)27)22(30)28-14-11-17(24)21(26)18(25)12-14/h6-8,11-12,15-16,29H,9-10,27H2,1-5H3,(H,28,30). The van der Waals surface area contributed by atoms with Crippen LogP contribution in [-0.4, -0.2) is 34.8 Å². The average molecular weight is 530 g/mol. The molecule has 0 unspecified atom stereocenters. The van der Waals surface area contributed by atoms with Crippen LogP contribution in [0, 0.1) is 17.5 Å². The summed E-state index contributed by atoms with van der Waals surface area (Å²) in [5.74, 6) is -5.45. The summed E-state index contributed by atoms with van der Waals surface area (Å²) in [6.45, 7) is 10.7. The lowest BCUT2D eigenvalue weighted by molar-refractivity contribution is 0.0805. The minimum Gasteiger partial charge on any atom is -0.414 e. The molecule has 1 aliphatic carbocycles. The fraction of sp³-hybridized carbons (Fsp3) is 0.435. The summed E-state index contributed by atoms with van der Waals surface area (Å²) >= 11 is 0. The molecule has 0 aromatic heterocycles. The van der Waals surface area contributed by atoms with Gasteiger partial charge in [-0.1, -0.05) is 20.8 Å². The lowest BCUT2D eigenvalue weighted by Crippen LogP contribution is -2.53. The molecule has 0 radical (unpaired) electrons. The van der Waals surface area contributed by atoms with Gasteiger partial charge in [0.2, 0.25) is 10.0 Å². The number of benzene rings is 2.